The summed E-state index contributed by atoms with van der Waals surface area (Å²) in [5.41, 5.74) is 3.17. The molecular formula is C12H19N3S. The molecule has 0 radical (unpaired) electrons. The normalized spacial score (nSPS) is 26.4. The van der Waals surface area contributed by atoms with E-state index < -0.39 is 0 Å². The van der Waals surface area contributed by atoms with Crippen molar-refractivity contribution in [2.45, 2.75) is 44.8 Å². The molecule has 1 unspecified atom stereocenters. The van der Waals surface area contributed by atoms with Gasteiger partial charge in [0, 0.05) is 36.6 Å². The quantitative estimate of drug-likeness (QED) is 0.865. The Morgan fingerprint density at radius 2 is 2.31 bits per heavy atom. The first kappa shape index (κ1) is 10.7. The van der Waals surface area contributed by atoms with Crippen LogP contribution in [0.25, 0.3) is 0 Å². The predicted molar refractivity (Wildman–Crippen MR) is 66.7 cm³/mol. The molecule has 3 nitrogen and oxygen atoms in total. The highest BCUT2D eigenvalue weighted by molar-refractivity contribution is 7.09. The molecule has 3 rings (SSSR count). The van der Waals surface area contributed by atoms with Crippen LogP contribution < -0.4 is 5.32 Å². The van der Waals surface area contributed by atoms with Gasteiger partial charge in [-0.25, -0.2) is 4.98 Å². The van der Waals surface area contributed by atoms with E-state index in [9.17, 15) is 0 Å². The number of nitrogens with one attached hydrogen (secondary N) is 1. The third-order valence-corrected chi connectivity index (χ3v) is 4.45. The van der Waals surface area contributed by atoms with Crippen LogP contribution in [0.15, 0.2) is 5.51 Å². The van der Waals surface area contributed by atoms with E-state index in [-0.39, 0.29) is 0 Å². The number of thiazole rings is 1. The first-order valence-corrected chi connectivity index (χ1v) is 7.06. The summed E-state index contributed by atoms with van der Waals surface area (Å²) in [6, 6.07) is 1.58. The Morgan fingerprint density at radius 1 is 1.44 bits per heavy atom. The van der Waals surface area contributed by atoms with Gasteiger partial charge < -0.3 is 5.32 Å². The smallest absolute Gasteiger partial charge is 0.0798 e. The number of nitrogens with zero attached hydrogens (tertiary/aromatic N) is 2. The summed E-state index contributed by atoms with van der Waals surface area (Å²) >= 11 is 1.79. The summed E-state index contributed by atoms with van der Waals surface area (Å²) in [7, 11) is 0. The molecule has 1 atom stereocenters. The summed E-state index contributed by atoms with van der Waals surface area (Å²) in [4.78, 5) is 8.31. The molecule has 0 amide bonds. The molecule has 1 saturated heterocycles. The second kappa shape index (κ2) is 4.43. The first-order valence-electron chi connectivity index (χ1n) is 6.18. The molecule has 1 aliphatic heterocycles. The molecule has 2 aliphatic rings. The number of likely N-dealkylation sites (tertiary alicyclic amines) is 1. The summed E-state index contributed by atoms with van der Waals surface area (Å²) in [6.45, 7) is 5.66. The number of rotatable bonds is 4. The van der Waals surface area contributed by atoms with Gasteiger partial charge in [-0.2, -0.15) is 0 Å². The topological polar surface area (TPSA) is 28.2 Å². The van der Waals surface area contributed by atoms with E-state index in [1.807, 2.05) is 5.51 Å². The van der Waals surface area contributed by atoms with Crippen LogP contribution in [0.3, 0.4) is 0 Å². The minimum Gasteiger partial charge on any atom is -0.310 e. The van der Waals surface area contributed by atoms with Gasteiger partial charge in [-0.05, 0) is 26.2 Å². The molecule has 1 aliphatic carbocycles. The molecule has 0 bridgehead atoms. The lowest BCUT2D eigenvalue weighted by Gasteiger charge is -2.15. The summed E-state index contributed by atoms with van der Waals surface area (Å²) < 4.78 is 0. The zero-order chi connectivity index (χ0) is 11.0. The van der Waals surface area contributed by atoms with Crippen molar-refractivity contribution in [2.75, 3.05) is 13.1 Å². The first-order chi connectivity index (χ1) is 7.81. The maximum absolute atomic E-state index is 4.31. The van der Waals surface area contributed by atoms with Crippen molar-refractivity contribution in [3.8, 4) is 0 Å². The van der Waals surface area contributed by atoms with Gasteiger partial charge >= 0.3 is 0 Å². The molecule has 1 N–H and O–H groups in total. The van der Waals surface area contributed by atoms with E-state index in [2.05, 4.69) is 22.1 Å². The van der Waals surface area contributed by atoms with Gasteiger partial charge in [0.2, 0.25) is 0 Å². The van der Waals surface area contributed by atoms with Crippen LogP contribution >= 0.6 is 11.3 Å². The van der Waals surface area contributed by atoms with Crippen molar-refractivity contribution >= 4 is 11.3 Å². The Hall–Kier alpha value is -0.450. The van der Waals surface area contributed by atoms with Gasteiger partial charge in [-0.15, -0.1) is 11.3 Å². The SMILES string of the molecule is Cc1ncsc1CN1CCC(NC2CC2)C1. The molecule has 1 aromatic heterocycles. The molecule has 88 valence electrons. The maximum atomic E-state index is 4.31. The zero-order valence-corrected chi connectivity index (χ0v) is 10.6. The second-order valence-corrected chi connectivity index (χ2v) is 5.96. The number of hydrogen-bond donors (Lipinski definition) is 1. The average molecular weight is 237 g/mol. The third kappa shape index (κ3) is 2.44. The fourth-order valence-electron chi connectivity index (χ4n) is 2.38. The van der Waals surface area contributed by atoms with Crippen molar-refractivity contribution in [1.82, 2.24) is 15.2 Å². The van der Waals surface area contributed by atoms with Gasteiger partial charge in [0.1, 0.15) is 0 Å². The van der Waals surface area contributed by atoms with Crippen LogP contribution in [-0.2, 0) is 6.54 Å². The van der Waals surface area contributed by atoms with E-state index >= 15 is 0 Å². The molecule has 16 heavy (non-hydrogen) atoms. The average Bonchev–Trinajstić information content (AvgIpc) is 2.82. The van der Waals surface area contributed by atoms with Crippen molar-refractivity contribution in [1.29, 1.82) is 0 Å². The highest BCUT2D eigenvalue weighted by Gasteiger charge is 2.29. The Labute approximate surface area is 101 Å². The Balaban J connectivity index is 1.51. The molecule has 4 heteroatoms. The lowest BCUT2D eigenvalue weighted by molar-refractivity contribution is 0.321. The van der Waals surface area contributed by atoms with Gasteiger partial charge in [-0.1, -0.05) is 0 Å². The highest BCUT2D eigenvalue weighted by Crippen LogP contribution is 2.23. The van der Waals surface area contributed by atoms with Crippen LogP contribution in [0.1, 0.15) is 29.8 Å². The largest absolute Gasteiger partial charge is 0.310 e. The van der Waals surface area contributed by atoms with Crippen LogP contribution in [0.5, 0.6) is 0 Å². The molecule has 2 heterocycles. The summed E-state index contributed by atoms with van der Waals surface area (Å²) in [5, 5.41) is 3.72. The van der Waals surface area contributed by atoms with E-state index in [0.29, 0.717) is 0 Å². The number of aryl methyl sites for hydroxylation is 1. The fraction of sp³-hybridized carbons (Fsp3) is 0.750. The zero-order valence-electron chi connectivity index (χ0n) is 9.78. The summed E-state index contributed by atoms with van der Waals surface area (Å²) in [5.74, 6) is 0. The molecule has 1 saturated carbocycles. The van der Waals surface area contributed by atoms with Crippen LogP contribution in [0.4, 0.5) is 0 Å². The van der Waals surface area contributed by atoms with Crippen molar-refractivity contribution in [2.24, 2.45) is 0 Å². The lowest BCUT2D eigenvalue weighted by Crippen LogP contribution is -2.33. The maximum Gasteiger partial charge on any atom is 0.0798 e. The van der Waals surface area contributed by atoms with Crippen LogP contribution in [0, 0.1) is 6.92 Å². The van der Waals surface area contributed by atoms with Crippen molar-refractivity contribution < 1.29 is 0 Å². The van der Waals surface area contributed by atoms with E-state index in [4.69, 9.17) is 0 Å². The van der Waals surface area contributed by atoms with E-state index in [1.165, 1.54) is 42.9 Å². The van der Waals surface area contributed by atoms with Gasteiger partial charge in [0.05, 0.1) is 11.2 Å². The van der Waals surface area contributed by atoms with Crippen LogP contribution in [-0.4, -0.2) is 35.1 Å². The van der Waals surface area contributed by atoms with Gasteiger partial charge in [-0.3, -0.25) is 4.90 Å². The highest BCUT2D eigenvalue weighted by atomic mass is 32.1. The molecule has 0 spiro atoms. The van der Waals surface area contributed by atoms with E-state index in [0.717, 1.165) is 18.6 Å². The predicted octanol–water partition coefficient (Wildman–Crippen LogP) is 1.78. The van der Waals surface area contributed by atoms with Crippen LogP contribution in [0.2, 0.25) is 0 Å². The van der Waals surface area contributed by atoms with Crippen molar-refractivity contribution in [3.63, 3.8) is 0 Å². The van der Waals surface area contributed by atoms with Gasteiger partial charge in [0.25, 0.3) is 0 Å². The minimum atomic E-state index is 0.737. The molecular weight excluding hydrogens is 218 g/mol. The Kier molecular flexibility index (Phi) is 2.96. The third-order valence-electron chi connectivity index (χ3n) is 3.53. The molecule has 1 aromatic rings. The fourth-order valence-corrected chi connectivity index (χ4v) is 3.20. The number of hydrogen-bond acceptors (Lipinski definition) is 4. The second-order valence-electron chi connectivity index (χ2n) is 5.02. The minimum absolute atomic E-state index is 0.737. The van der Waals surface area contributed by atoms with E-state index in [1.54, 1.807) is 11.3 Å². The molecule has 2 fully saturated rings. The Morgan fingerprint density at radius 3 is 3.00 bits per heavy atom. The van der Waals surface area contributed by atoms with Gasteiger partial charge in [0.15, 0.2) is 0 Å². The van der Waals surface area contributed by atoms with Crippen molar-refractivity contribution in [3.05, 3.63) is 16.1 Å². The lowest BCUT2D eigenvalue weighted by atomic mass is 10.2. The summed E-state index contributed by atoms with van der Waals surface area (Å²) in [6.07, 6.45) is 4.10. The molecule has 0 aromatic carbocycles. The standard InChI is InChI=1S/C12H19N3S/c1-9-12(16-8-13-9)7-15-5-4-11(6-15)14-10-2-3-10/h8,10-11,14H,2-7H2,1H3. The Bertz CT molecular complexity index is 359. The number of aromatic nitrogens is 1. The monoisotopic (exact) mass is 237 g/mol.